The van der Waals surface area contributed by atoms with E-state index >= 15 is 0 Å². The van der Waals surface area contributed by atoms with Crippen LogP contribution in [-0.2, 0) is 23.1 Å². The van der Waals surface area contributed by atoms with E-state index in [2.05, 4.69) is 5.32 Å². The summed E-state index contributed by atoms with van der Waals surface area (Å²) < 4.78 is 26.9. The van der Waals surface area contributed by atoms with Gasteiger partial charge in [-0.2, -0.15) is 0 Å². The minimum Gasteiger partial charge on any atom is -0.377 e. The van der Waals surface area contributed by atoms with Gasteiger partial charge in [-0.1, -0.05) is 0 Å². The highest BCUT2D eigenvalue weighted by Crippen LogP contribution is 2.43. The van der Waals surface area contributed by atoms with Crippen molar-refractivity contribution < 1.29 is 32.5 Å². The number of phosphoric acid groups is 1. The Hall–Kier alpha value is -0.500. The highest BCUT2D eigenvalue weighted by atomic mass is 31.2. The van der Waals surface area contributed by atoms with Gasteiger partial charge in [-0.25, -0.2) is 4.57 Å². The summed E-state index contributed by atoms with van der Waals surface area (Å²) in [6, 6.07) is 0. The molecule has 0 saturated heterocycles. The molecule has 120 valence electrons. The average molecular weight is 313 g/mol. The van der Waals surface area contributed by atoms with Crippen LogP contribution < -0.4 is 5.32 Å². The molecule has 2 N–H and O–H groups in total. The fourth-order valence-electron chi connectivity index (χ4n) is 1.11. The van der Waals surface area contributed by atoms with Crippen molar-refractivity contribution in [3.05, 3.63) is 0 Å². The third kappa shape index (κ3) is 11.3. The molecule has 2 atom stereocenters. The lowest BCUT2D eigenvalue weighted by Crippen LogP contribution is -2.37. The van der Waals surface area contributed by atoms with E-state index in [-0.39, 0.29) is 25.7 Å². The van der Waals surface area contributed by atoms with Crippen molar-refractivity contribution in [3.63, 3.8) is 0 Å². The van der Waals surface area contributed by atoms with Crippen molar-refractivity contribution in [2.75, 3.05) is 54.6 Å². The molecule has 0 heterocycles. The Morgan fingerprint density at radius 3 is 2.40 bits per heavy atom. The number of carbonyl (C=O) groups excluding carboxylic acids is 1. The first kappa shape index (κ1) is 19.5. The maximum absolute atomic E-state index is 11.6. The van der Waals surface area contributed by atoms with E-state index < -0.39 is 13.9 Å². The SMILES string of the molecule is COC(CNC(C)=O)COP(=O)(O)OCC[N+](C)(C)C. The number of ether oxygens (including phenoxy) is 1. The molecule has 0 saturated carbocycles. The molecular weight excluding hydrogens is 287 g/mol. The number of rotatable bonds is 10. The second-order valence-corrected chi connectivity index (χ2v) is 6.86. The van der Waals surface area contributed by atoms with E-state index in [1.54, 1.807) is 0 Å². The van der Waals surface area contributed by atoms with Gasteiger partial charge in [0.2, 0.25) is 5.91 Å². The highest BCUT2D eigenvalue weighted by Gasteiger charge is 2.24. The molecule has 0 bridgehead atoms. The second kappa shape index (κ2) is 8.71. The van der Waals surface area contributed by atoms with Crippen LogP contribution in [0.3, 0.4) is 0 Å². The Labute approximate surface area is 120 Å². The van der Waals surface area contributed by atoms with Crippen molar-refractivity contribution in [1.29, 1.82) is 0 Å². The van der Waals surface area contributed by atoms with Crippen LogP contribution in [0.2, 0.25) is 0 Å². The van der Waals surface area contributed by atoms with E-state index in [4.69, 9.17) is 13.8 Å². The van der Waals surface area contributed by atoms with Gasteiger partial charge in [-0.3, -0.25) is 13.8 Å². The lowest BCUT2D eigenvalue weighted by molar-refractivity contribution is -0.870. The van der Waals surface area contributed by atoms with Crippen LogP contribution in [0.15, 0.2) is 0 Å². The van der Waals surface area contributed by atoms with Crippen LogP contribution >= 0.6 is 7.82 Å². The first-order valence-electron chi connectivity index (χ1n) is 6.25. The number of likely N-dealkylation sites (N-methyl/N-ethyl adjacent to an activating group) is 1. The zero-order chi connectivity index (χ0) is 15.8. The molecule has 0 aromatic heterocycles. The van der Waals surface area contributed by atoms with Crippen molar-refractivity contribution in [1.82, 2.24) is 5.32 Å². The summed E-state index contributed by atoms with van der Waals surface area (Å²) in [5, 5.41) is 2.54. The van der Waals surface area contributed by atoms with Crippen LogP contribution in [0.1, 0.15) is 6.92 Å². The predicted octanol–water partition coefficient (Wildman–Crippen LogP) is -0.0227. The fraction of sp³-hybridized carbons (Fsp3) is 0.909. The Morgan fingerprint density at radius 2 is 1.95 bits per heavy atom. The van der Waals surface area contributed by atoms with Gasteiger partial charge >= 0.3 is 7.82 Å². The molecule has 2 unspecified atom stereocenters. The van der Waals surface area contributed by atoms with Gasteiger partial charge in [0.25, 0.3) is 0 Å². The van der Waals surface area contributed by atoms with Gasteiger partial charge in [0, 0.05) is 20.6 Å². The van der Waals surface area contributed by atoms with Crippen molar-refractivity contribution in [3.8, 4) is 0 Å². The summed E-state index contributed by atoms with van der Waals surface area (Å²) >= 11 is 0. The summed E-state index contributed by atoms with van der Waals surface area (Å²) in [4.78, 5) is 20.3. The average Bonchev–Trinajstić information content (AvgIpc) is 2.26. The van der Waals surface area contributed by atoms with Gasteiger partial charge in [0.05, 0.1) is 33.9 Å². The third-order valence-electron chi connectivity index (χ3n) is 2.35. The number of phosphoric ester groups is 1. The summed E-state index contributed by atoms with van der Waals surface area (Å²) in [5.41, 5.74) is 0. The van der Waals surface area contributed by atoms with Gasteiger partial charge < -0.3 is 19.4 Å². The molecule has 0 aliphatic heterocycles. The Kier molecular flexibility index (Phi) is 8.50. The topological polar surface area (TPSA) is 94.1 Å². The smallest absolute Gasteiger partial charge is 0.377 e. The molecule has 1 amide bonds. The molecule has 0 aliphatic carbocycles. The largest absolute Gasteiger partial charge is 0.472 e. The number of hydrogen-bond donors (Lipinski definition) is 2. The van der Waals surface area contributed by atoms with Crippen molar-refractivity contribution >= 4 is 13.7 Å². The number of methoxy groups -OCH3 is 1. The first-order valence-corrected chi connectivity index (χ1v) is 7.75. The normalized spacial score (nSPS) is 16.5. The zero-order valence-electron chi connectivity index (χ0n) is 12.8. The second-order valence-electron chi connectivity index (χ2n) is 5.41. The standard InChI is InChI=1S/C11H25N2O6P/c1-10(14)12-8-11(17-5)9-19-20(15,16)18-7-6-13(2,3)4/h11H,6-9H2,1-5H3,(H-,12,14,15,16)/p+1. The lowest BCUT2D eigenvalue weighted by atomic mass is 10.4. The molecule has 0 rings (SSSR count). The molecule has 0 aromatic rings. The van der Waals surface area contributed by atoms with Crippen molar-refractivity contribution in [2.45, 2.75) is 13.0 Å². The predicted molar refractivity (Wildman–Crippen MR) is 74.1 cm³/mol. The number of nitrogens with one attached hydrogen (secondary N) is 1. The third-order valence-corrected chi connectivity index (χ3v) is 3.34. The number of nitrogens with zero attached hydrogens (tertiary/aromatic N) is 1. The lowest BCUT2D eigenvalue weighted by Gasteiger charge is -2.24. The summed E-state index contributed by atoms with van der Waals surface area (Å²) in [7, 11) is 3.17. The van der Waals surface area contributed by atoms with Crippen LogP contribution in [0, 0.1) is 0 Å². The Bertz CT molecular complexity index is 344. The van der Waals surface area contributed by atoms with Crippen molar-refractivity contribution in [2.24, 2.45) is 0 Å². The highest BCUT2D eigenvalue weighted by molar-refractivity contribution is 7.47. The summed E-state index contributed by atoms with van der Waals surface area (Å²) in [6.07, 6.45) is -0.513. The number of quaternary nitrogens is 1. The molecule has 0 spiro atoms. The summed E-state index contributed by atoms with van der Waals surface area (Å²) in [6.45, 7) is 2.12. The zero-order valence-corrected chi connectivity index (χ0v) is 13.7. The molecule has 8 nitrogen and oxygen atoms in total. The van der Waals surface area contributed by atoms with E-state index in [9.17, 15) is 14.3 Å². The van der Waals surface area contributed by atoms with Crippen LogP contribution in [0.25, 0.3) is 0 Å². The van der Waals surface area contributed by atoms with Crippen LogP contribution in [-0.4, -0.2) is 75.9 Å². The monoisotopic (exact) mass is 313 g/mol. The summed E-state index contributed by atoms with van der Waals surface area (Å²) in [5.74, 6) is -0.210. The molecule has 0 aliphatic rings. The van der Waals surface area contributed by atoms with Crippen LogP contribution in [0.5, 0.6) is 0 Å². The molecule has 0 aromatic carbocycles. The van der Waals surface area contributed by atoms with Gasteiger partial charge in [-0.05, 0) is 0 Å². The van der Waals surface area contributed by atoms with E-state index in [0.717, 1.165) is 0 Å². The Balaban J connectivity index is 4.05. The van der Waals surface area contributed by atoms with E-state index in [1.807, 2.05) is 21.1 Å². The van der Waals surface area contributed by atoms with E-state index in [0.29, 0.717) is 11.0 Å². The first-order chi connectivity index (χ1) is 9.06. The number of hydrogen-bond acceptors (Lipinski definition) is 5. The molecular formula is C11H26N2O6P+. The minimum atomic E-state index is -4.10. The minimum absolute atomic E-state index is 0.112. The fourth-order valence-corrected chi connectivity index (χ4v) is 1.85. The number of carbonyl (C=O) groups is 1. The maximum atomic E-state index is 11.6. The van der Waals surface area contributed by atoms with E-state index in [1.165, 1.54) is 14.0 Å². The molecule has 0 radical (unpaired) electrons. The molecule has 9 heteroatoms. The van der Waals surface area contributed by atoms with Gasteiger partial charge in [0.1, 0.15) is 13.2 Å². The van der Waals surface area contributed by atoms with Gasteiger partial charge in [-0.15, -0.1) is 0 Å². The molecule has 0 fully saturated rings. The molecule has 20 heavy (non-hydrogen) atoms. The Morgan fingerprint density at radius 1 is 1.35 bits per heavy atom. The number of amides is 1. The van der Waals surface area contributed by atoms with Gasteiger partial charge in [0.15, 0.2) is 0 Å². The maximum Gasteiger partial charge on any atom is 0.472 e. The quantitative estimate of drug-likeness (QED) is 0.435. The van der Waals surface area contributed by atoms with Crippen LogP contribution in [0.4, 0.5) is 0 Å².